The van der Waals surface area contributed by atoms with E-state index < -0.39 is 17.5 Å². The summed E-state index contributed by atoms with van der Waals surface area (Å²) in [5.74, 6) is 4.91. The molecule has 2 rings (SSSR count). The molecule has 0 heterocycles. The smallest absolute Gasteiger partial charge is 0.338 e. The number of anilines is 2. The Bertz CT molecular complexity index is 1010. The maximum absolute atomic E-state index is 13.3. The number of hydrazine groups is 2. The van der Waals surface area contributed by atoms with Crippen molar-refractivity contribution in [2.45, 2.75) is 59.0 Å². The SMILES string of the molecule is CCC(=O)N(c1cccc([C@H](CC)C(=O)N(N)c2ccc(C(=O)OC(C)(C)C)cc2)c1)N(C)C. The van der Waals surface area contributed by atoms with Crippen LogP contribution in [-0.2, 0) is 14.3 Å². The number of esters is 1. The number of hydrogen-bond donors (Lipinski definition) is 1. The fraction of sp³-hybridized carbons (Fsp3) is 0.423. The Morgan fingerprint density at radius 1 is 0.971 bits per heavy atom. The van der Waals surface area contributed by atoms with Gasteiger partial charge in [-0.25, -0.2) is 25.7 Å². The maximum Gasteiger partial charge on any atom is 0.338 e. The second kappa shape index (κ2) is 11.3. The second-order valence-electron chi connectivity index (χ2n) is 9.22. The Morgan fingerprint density at radius 3 is 2.09 bits per heavy atom. The van der Waals surface area contributed by atoms with Crippen molar-refractivity contribution in [3.63, 3.8) is 0 Å². The number of benzene rings is 2. The quantitative estimate of drug-likeness (QED) is 0.269. The van der Waals surface area contributed by atoms with Gasteiger partial charge in [-0.05, 0) is 69.2 Å². The van der Waals surface area contributed by atoms with Gasteiger partial charge in [-0.15, -0.1) is 0 Å². The summed E-state index contributed by atoms with van der Waals surface area (Å²) in [6, 6.07) is 13.8. The molecule has 2 amide bonds. The highest BCUT2D eigenvalue weighted by Crippen LogP contribution is 2.28. The molecule has 0 aromatic heterocycles. The summed E-state index contributed by atoms with van der Waals surface area (Å²) in [7, 11) is 3.59. The topological polar surface area (TPSA) is 96.2 Å². The molecule has 0 saturated heterocycles. The van der Waals surface area contributed by atoms with E-state index in [4.69, 9.17) is 10.6 Å². The Balaban J connectivity index is 2.27. The first-order valence-corrected chi connectivity index (χ1v) is 11.4. The molecule has 0 fully saturated rings. The maximum atomic E-state index is 13.3. The third kappa shape index (κ3) is 6.65. The molecular formula is C26H36N4O4. The van der Waals surface area contributed by atoms with Crippen molar-refractivity contribution in [3.05, 3.63) is 59.7 Å². The van der Waals surface area contributed by atoms with E-state index in [2.05, 4.69) is 0 Å². The molecule has 0 saturated carbocycles. The zero-order valence-electron chi connectivity index (χ0n) is 21.2. The number of ether oxygens (including phenoxy) is 1. The molecule has 2 aromatic carbocycles. The predicted octanol–water partition coefficient (Wildman–Crippen LogP) is 4.26. The third-order valence-electron chi connectivity index (χ3n) is 5.18. The molecule has 2 N–H and O–H groups in total. The molecule has 34 heavy (non-hydrogen) atoms. The van der Waals surface area contributed by atoms with E-state index in [1.807, 2.05) is 31.2 Å². The molecule has 8 nitrogen and oxygen atoms in total. The minimum Gasteiger partial charge on any atom is -0.456 e. The summed E-state index contributed by atoms with van der Waals surface area (Å²) in [4.78, 5) is 38.0. The standard InChI is InChI=1S/C26H36N4O4/c1-8-22(19-11-10-12-21(17-19)30(28(6)7)23(31)9-2)24(32)29(27)20-15-13-18(14-16-20)25(33)34-26(3,4)5/h10-17,22H,8-9,27H2,1-7H3/t22-/m0/s1. The number of hydrogen-bond acceptors (Lipinski definition) is 6. The normalized spacial score (nSPS) is 12.3. The van der Waals surface area contributed by atoms with Crippen LogP contribution in [0.3, 0.4) is 0 Å². The average Bonchev–Trinajstić information content (AvgIpc) is 2.78. The van der Waals surface area contributed by atoms with Gasteiger partial charge in [0.15, 0.2) is 0 Å². The highest BCUT2D eigenvalue weighted by molar-refractivity contribution is 5.98. The lowest BCUT2D eigenvalue weighted by Crippen LogP contribution is -2.42. The van der Waals surface area contributed by atoms with E-state index in [0.717, 1.165) is 10.6 Å². The molecule has 2 aromatic rings. The summed E-state index contributed by atoms with van der Waals surface area (Å²) in [6.07, 6.45) is 0.879. The lowest BCUT2D eigenvalue weighted by atomic mass is 9.94. The van der Waals surface area contributed by atoms with E-state index >= 15 is 0 Å². The summed E-state index contributed by atoms with van der Waals surface area (Å²) >= 11 is 0. The summed E-state index contributed by atoms with van der Waals surface area (Å²) in [6.45, 7) is 9.12. The number of carbonyl (C=O) groups excluding carboxylic acids is 3. The first-order chi connectivity index (χ1) is 15.9. The van der Waals surface area contributed by atoms with Crippen LogP contribution in [0.4, 0.5) is 11.4 Å². The van der Waals surface area contributed by atoms with Crippen LogP contribution in [0.25, 0.3) is 0 Å². The van der Waals surface area contributed by atoms with Gasteiger partial charge in [-0.3, -0.25) is 9.59 Å². The number of nitrogens with two attached hydrogens (primary N) is 1. The van der Waals surface area contributed by atoms with Crippen LogP contribution in [0.1, 0.15) is 69.3 Å². The lowest BCUT2D eigenvalue weighted by Gasteiger charge is -2.30. The number of rotatable bonds is 8. The molecular weight excluding hydrogens is 432 g/mol. The lowest BCUT2D eigenvalue weighted by molar-refractivity contribution is -0.121. The number of nitrogens with zero attached hydrogens (tertiary/aromatic N) is 3. The van der Waals surface area contributed by atoms with Gasteiger partial charge in [0.1, 0.15) is 5.60 Å². The first kappa shape index (κ1) is 27.0. The Labute approximate surface area is 202 Å². The molecule has 184 valence electrons. The van der Waals surface area contributed by atoms with Crippen LogP contribution in [0, 0.1) is 0 Å². The largest absolute Gasteiger partial charge is 0.456 e. The van der Waals surface area contributed by atoms with Crippen molar-refractivity contribution in [1.82, 2.24) is 5.01 Å². The second-order valence-corrected chi connectivity index (χ2v) is 9.22. The van der Waals surface area contributed by atoms with E-state index in [-0.39, 0.29) is 11.8 Å². The van der Waals surface area contributed by atoms with Crippen molar-refractivity contribution < 1.29 is 19.1 Å². The molecule has 0 aliphatic heterocycles. The van der Waals surface area contributed by atoms with Gasteiger partial charge >= 0.3 is 5.97 Å². The van der Waals surface area contributed by atoms with Crippen LogP contribution >= 0.6 is 0 Å². The van der Waals surface area contributed by atoms with Gasteiger partial charge in [0.25, 0.3) is 0 Å². The van der Waals surface area contributed by atoms with E-state index in [0.29, 0.717) is 29.8 Å². The van der Waals surface area contributed by atoms with Crippen LogP contribution in [0.15, 0.2) is 48.5 Å². The van der Waals surface area contributed by atoms with Crippen LogP contribution < -0.4 is 15.9 Å². The van der Waals surface area contributed by atoms with Crippen molar-refractivity contribution in [2.24, 2.45) is 5.84 Å². The van der Waals surface area contributed by atoms with Crippen molar-refractivity contribution >= 4 is 29.2 Å². The third-order valence-corrected chi connectivity index (χ3v) is 5.18. The van der Waals surface area contributed by atoms with Gasteiger partial charge in [0, 0.05) is 20.5 Å². The highest BCUT2D eigenvalue weighted by atomic mass is 16.6. The molecule has 0 spiro atoms. The molecule has 0 unspecified atom stereocenters. The summed E-state index contributed by atoms with van der Waals surface area (Å²) in [5.41, 5.74) is 1.69. The first-order valence-electron chi connectivity index (χ1n) is 11.4. The van der Waals surface area contributed by atoms with Gasteiger partial charge in [-0.1, -0.05) is 26.0 Å². The van der Waals surface area contributed by atoms with E-state index in [9.17, 15) is 14.4 Å². The molecule has 1 atom stereocenters. The van der Waals surface area contributed by atoms with Crippen LogP contribution in [0.2, 0.25) is 0 Å². The summed E-state index contributed by atoms with van der Waals surface area (Å²) in [5, 5.41) is 4.39. The predicted molar refractivity (Wildman–Crippen MR) is 134 cm³/mol. The monoisotopic (exact) mass is 468 g/mol. The number of amides is 2. The average molecular weight is 469 g/mol. The molecule has 0 aliphatic carbocycles. The molecule has 0 bridgehead atoms. The summed E-state index contributed by atoms with van der Waals surface area (Å²) < 4.78 is 5.38. The number of carbonyl (C=O) groups is 3. The fourth-order valence-corrected chi connectivity index (χ4v) is 3.56. The van der Waals surface area contributed by atoms with E-state index in [1.54, 1.807) is 76.1 Å². The highest BCUT2D eigenvalue weighted by Gasteiger charge is 2.26. The molecule has 0 aliphatic rings. The Morgan fingerprint density at radius 2 is 1.59 bits per heavy atom. The Hall–Kier alpha value is -3.23. The molecule has 8 heteroatoms. The van der Waals surface area contributed by atoms with Gasteiger partial charge in [0.2, 0.25) is 11.8 Å². The minimum absolute atomic E-state index is 0.0490. The minimum atomic E-state index is -0.599. The fourth-order valence-electron chi connectivity index (χ4n) is 3.56. The van der Waals surface area contributed by atoms with Gasteiger partial charge in [0.05, 0.1) is 22.9 Å². The molecule has 0 radical (unpaired) electrons. The van der Waals surface area contributed by atoms with Crippen molar-refractivity contribution in [3.8, 4) is 0 Å². The van der Waals surface area contributed by atoms with E-state index in [1.165, 1.54) is 0 Å². The zero-order chi connectivity index (χ0) is 25.6. The van der Waals surface area contributed by atoms with Crippen molar-refractivity contribution in [2.75, 3.05) is 24.1 Å². The van der Waals surface area contributed by atoms with Gasteiger partial charge < -0.3 is 4.74 Å². The zero-order valence-corrected chi connectivity index (χ0v) is 21.2. The Kier molecular flexibility index (Phi) is 8.95. The van der Waals surface area contributed by atoms with Crippen molar-refractivity contribution in [1.29, 1.82) is 0 Å². The van der Waals surface area contributed by atoms with Crippen LogP contribution in [-0.4, -0.2) is 42.5 Å². The van der Waals surface area contributed by atoms with Gasteiger partial charge in [-0.2, -0.15) is 0 Å². The van der Waals surface area contributed by atoms with Crippen LogP contribution in [0.5, 0.6) is 0 Å².